The Morgan fingerprint density at radius 1 is 1.23 bits per heavy atom. The van der Waals surface area contributed by atoms with E-state index >= 15 is 0 Å². The Morgan fingerprint density at radius 2 is 2.00 bits per heavy atom. The molecule has 6 nitrogen and oxygen atoms in total. The van der Waals surface area contributed by atoms with Crippen molar-refractivity contribution in [3.63, 3.8) is 0 Å². The van der Waals surface area contributed by atoms with E-state index in [1.165, 1.54) is 16.9 Å². The molecule has 1 aliphatic rings. The summed E-state index contributed by atoms with van der Waals surface area (Å²) >= 11 is 1.49. The van der Waals surface area contributed by atoms with Crippen LogP contribution in [0.4, 0.5) is 5.13 Å². The molecule has 158 valence electrons. The zero-order valence-electron chi connectivity index (χ0n) is 18.1. The number of nitrogens with one attached hydrogen (secondary N) is 1. The van der Waals surface area contributed by atoms with Gasteiger partial charge in [0, 0.05) is 30.7 Å². The maximum atomic E-state index is 12.6. The van der Waals surface area contributed by atoms with Gasteiger partial charge in [-0.15, -0.1) is 11.3 Å². The van der Waals surface area contributed by atoms with Gasteiger partial charge in [0.2, 0.25) is 0 Å². The van der Waals surface area contributed by atoms with Crippen LogP contribution in [0, 0.1) is 0 Å². The molecule has 2 aromatic heterocycles. The third-order valence-electron chi connectivity index (χ3n) is 5.59. The number of hydrogen-bond acceptors (Lipinski definition) is 5. The summed E-state index contributed by atoms with van der Waals surface area (Å²) in [5.41, 5.74) is 4.04. The number of thiazole rings is 1. The van der Waals surface area contributed by atoms with Crippen LogP contribution in [0.15, 0.2) is 41.9 Å². The molecular weight excluding hydrogens is 394 g/mol. The van der Waals surface area contributed by atoms with E-state index in [0.29, 0.717) is 10.7 Å². The third-order valence-corrected chi connectivity index (χ3v) is 6.37. The monoisotopic (exact) mass is 423 g/mol. The van der Waals surface area contributed by atoms with E-state index in [-0.39, 0.29) is 17.4 Å². The van der Waals surface area contributed by atoms with Crippen LogP contribution in [-0.4, -0.2) is 32.1 Å². The Balaban J connectivity index is 1.41. The van der Waals surface area contributed by atoms with Gasteiger partial charge in [0.1, 0.15) is 0 Å². The fraction of sp³-hybridized carbons (Fsp3) is 0.435. The van der Waals surface area contributed by atoms with Gasteiger partial charge in [0.05, 0.1) is 17.4 Å². The number of aromatic nitrogens is 3. The van der Waals surface area contributed by atoms with Gasteiger partial charge >= 0.3 is 0 Å². The molecule has 0 unspecified atom stereocenters. The van der Waals surface area contributed by atoms with Crippen molar-refractivity contribution in [1.29, 1.82) is 0 Å². The number of nitrogens with zero attached hydrogens (tertiary/aromatic N) is 4. The van der Waals surface area contributed by atoms with Gasteiger partial charge in [-0.1, -0.05) is 32.9 Å². The first-order chi connectivity index (χ1) is 14.3. The van der Waals surface area contributed by atoms with Gasteiger partial charge in [0.15, 0.2) is 5.13 Å². The predicted octanol–water partition coefficient (Wildman–Crippen LogP) is 4.76. The topological polar surface area (TPSA) is 63.0 Å². The van der Waals surface area contributed by atoms with Crippen molar-refractivity contribution >= 4 is 22.4 Å². The number of aryl methyl sites for hydroxylation is 1. The summed E-state index contributed by atoms with van der Waals surface area (Å²) in [6.45, 7) is 8.36. The number of benzene rings is 1. The largest absolute Gasteiger partial charge is 0.298 e. The highest BCUT2D eigenvalue weighted by molar-refractivity contribution is 7.14. The Labute approximate surface area is 181 Å². The van der Waals surface area contributed by atoms with E-state index in [9.17, 15) is 4.79 Å². The van der Waals surface area contributed by atoms with E-state index in [1.807, 2.05) is 42.2 Å². The quantitative estimate of drug-likeness (QED) is 0.642. The number of anilines is 1. The van der Waals surface area contributed by atoms with Crippen molar-refractivity contribution in [2.75, 3.05) is 11.9 Å². The van der Waals surface area contributed by atoms with E-state index in [2.05, 4.69) is 47.5 Å². The molecule has 1 aromatic carbocycles. The van der Waals surface area contributed by atoms with Gasteiger partial charge < -0.3 is 0 Å². The number of rotatable bonds is 5. The van der Waals surface area contributed by atoms with Crippen molar-refractivity contribution in [3.05, 3.63) is 64.4 Å². The second kappa shape index (κ2) is 8.32. The fourth-order valence-electron chi connectivity index (χ4n) is 3.89. The van der Waals surface area contributed by atoms with E-state index in [0.717, 1.165) is 37.3 Å². The number of carbonyl (C=O) groups excluding carboxylic acids is 1. The van der Waals surface area contributed by atoms with Gasteiger partial charge in [-0.2, -0.15) is 5.10 Å². The molecule has 4 rings (SSSR count). The number of hydrogen-bond donors (Lipinski definition) is 1. The minimum atomic E-state index is -0.117. The SMILES string of the molecule is Cn1ccc(CN2CCC[C@H]2c2csc(NC(=O)c3ccc(C(C)(C)C)cc3)n2)n1. The molecule has 30 heavy (non-hydrogen) atoms. The average molecular weight is 424 g/mol. The molecule has 1 amide bonds. The summed E-state index contributed by atoms with van der Waals surface area (Å²) in [5.74, 6) is -0.117. The number of likely N-dealkylation sites (tertiary alicyclic amines) is 1. The van der Waals surface area contributed by atoms with Crippen LogP contribution in [0.1, 0.15) is 67.0 Å². The zero-order valence-corrected chi connectivity index (χ0v) is 18.9. The summed E-state index contributed by atoms with van der Waals surface area (Å²) < 4.78 is 1.84. The standard InChI is InChI=1S/C23H29N5OS/c1-23(2,3)17-9-7-16(8-10-17)21(29)25-22-24-19(15-30-22)20-6-5-12-28(20)14-18-11-13-27(4)26-18/h7-11,13,15,20H,5-6,12,14H2,1-4H3,(H,24,25,29)/t20-/m0/s1. The van der Waals surface area contributed by atoms with E-state index in [1.54, 1.807) is 0 Å². The van der Waals surface area contributed by atoms with Crippen LogP contribution in [-0.2, 0) is 19.0 Å². The minimum absolute atomic E-state index is 0.0711. The smallest absolute Gasteiger partial charge is 0.257 e. The first-order valence-corrected chi connectivity index (χ1v) is 11.3. The van der Waals surface area contributed by atoms with Gasteiger partial charge in [-0.05, 0) is 48.6 Å². The predicted molar refractivity (Wildman–Crippen MR) is 121 cm³/mol. The lowest BCUT2D eigenvalue weighted by Crippen LogP contribution is -2.23. The van der Waals surface area contributed by atoms with E-state index in [4.69, 9.17) is 4.98 Å². The minimum Gasteiger partial charge on any atom is -0.298 e. The molecule has 1 saturated heterocycles. The molecule has 1 aliphatic heterocycles. The zero-order chi connectivity index (χ0) is 21.3. The summed E-state index contributed by atoms with van der Waals surface area (Å²) in [6.07, 6.45) is 4.21. The number of amides is 1. The van der Waals surface area contributed by atoms with Crippen molar-refractivity contribution < 1.29 is 4.79 Å². The van der Waals surface area contributed by atoms with Gasteiger partial charge in [0.25, 0.3) is 5.91 Å². The Bertz CT molecular complexity index is 1010. The lowest BCUT2D eigenvalue weighted by Gasteiger charge is -2.21. The second-order valence-electron chi connectivity index (χ2n) is 8.97. The first-order valence-electron chi connectivity index (χ1n) is 10.4. The summed E-state index contributed by atoms with van der Waals surface area (Å²) in [6, 6.07) is 10.2. The Hall–Kier alpha value is -2.51. The molecule has 0 bridgehead atoms. The van der Waals surface area contributed by atoms with E-state index < -0.39 is 0 Å². The molecule has 0 radical (unpaired) electrons. The van der Waals surface area contributed by atoms with Crippen molar-refractivity contribution in [1.82, 2.24) is 19.7 Å². The highest BCUT2D eigenvalue weighted by Gasteiger charge is 2.28. The molecule has 1 fully saturated rings. The van der Waals surface area contributed by atoms with Crippen molar-refractivity contribution in [2.24, 2.45) is 7.05 Å². The second-order valence-corrected chi connectivity index (χ2v) is 9.83. The fourth-order valence-corrected chi connectivity index (χ4v) is 4.65. The molecular formula is C23H29N5OS. The van der Waals surface area contributed by atoms with Crippen LogP contribution in [0.5, 0.6) is 0 Å². The summed E-state index contributed by atoms with van der Waals surface area (Å²) in [4.78, 5) is 19.8. The summed E-state index contributed by atoms with van der Waals surface area (Å²) in [7, 11) is 1.94. The first kappa shape index (κ1) is 20.8. The lowest BCUT2D eigenvalue weighted by molar-refractivity contribution is 0.102. The molecule has 1 atom stereocenters. The molecule has 0 spiro atoms. The van der Waals surface area contributed by atoms with Crippen LogP contribution < -0.4 is 5.32 Å². The molecule has 7 heteroatoms. The van der Waals surface area contributed by atoms with Gasteiger partial charge in [-0.25, -0.2) is 4.98 Å². The Kier molecular flexibility index (Phi) is 5.75. The average Bonchev–Trinajstić information content (AvgIpc) is 3.43. The molecule has 0 aliphatic carbocycles. The van der Waals surface area contributed by atoms with Crippen LogP contribution >= 0.6 is 11.3 Å². The molecule has 3 heterocycles. The normalized spacial score (nSPS) is 17.4. The molecule has 1 N–H and O–H groups in total. The lowest BCUT2D eigenvalue weighted by atomic mass is 9.87. The van der Waals surface area contributed by atoms with Crippen LogP contribution in [0.2, 0.25) is 0 Å². The summed E-state index contributed by atoms with van der Waals surface area (Å²) in [5, 5.41) is 10.2. The maximum Gasteiger partial charge on any atom is 0.257 e. The van der Waals surface area contributed by atoms with Crippen LogP contribution in [0.25, 0.3) is 0 Å². The van der Waals surface area contributed by atoms with Crippen molar-refractivity contribution in [3.8, 4) is 0 Å². The Morgan fingerprint density at radius 3 is 2.67 bits per heavy atom. The highest BCUT2D eigenvalue weighted by atomic mass is 32.1. The van der Waals surface area contributed by atoms with Gasteiger partial charge in [-0.3, -0.25) is 19.7 Å². The maximum absolute atomic E-state index is 12.6. The molecule has 0 saturated carbocycles. The molecule has 3 aromatic rings. The third kappa shape index (κ3) is 4.63. The van der Waals surface area contributed by atoms with Crippen LogP contribution in [0.3, 0.4) is 0 Å². The highest BCUT2D eigenvalue weighted by Crippen LogP contribution is 2.34. The number of carbonyl (C=O) groups is 1. The van der Waals surface area contributed by atoms with Crippen molar-refractivity contribution in [2.45, 2.75) is 51.6 Å².